The summed E-state index contributed by atoms with van der Waals surface area (Å²) in [5, 5.41) is 10.0. The number of hydrogen-bond acceptors (Lipinski definition) is 3. The van der Waals surface area contributed by atoms with Gasteiger partial charge in [0.25, 0.3) is 0 Å². The second-order valence-corrected chi connectivity index (χ2v) is 6.70. The smallest absolute Gasteiger partial charge is 0.150 e. The Kier molecular flexibility index (Phi) is 1.97. The lowest BCUT2D eigenvalue weighted by Gasteiger charge is -2.07. The molecular weight excluding hydrogens is 188 g/mol. The number of aliphatic hydroxyl groups is 1. The molecule has 0 amide bonds. The summed E-state index contributed by atoms with van der Waals surface area (Å²) in [6.07, 6.45) is 5.52. The molecule has 2 atom stereocenters. The van der Waals surface area contributed by atoms with Gasteiger partial charge in [0, 0.05) is 6.26 Å². The van der Waals surface area contributed by atoms with Gasteiger partial charge in [-0.05, 0) is 24.7 Å². The predicted octanol–water partition coefficient (Wildman–Crippen LogP) is 0.582. The van der Waals surface area contributed by atoms with Crippen molar-refractivity contribution in [1.82, 2.24) is 0 Å². The molecule has 0 heterocycles. The summed E-state index contributed by atoms with van der Waals surface area (Å²) in [5.41, 5.74) is -0.857. The van der Waals surface area contributed by atoms with E-state index < -0.39 is 15.4 Å². The van der Waals surface area contributed by atoms with E-state index in [1.54, 1.807) is 0 Å². The van der Waals surface area contributed by atoms with Crippen molar-refractivity contribution in [1.29, 1.82) is 0 Å². The van der Waals surface area contributed by atoms with Crippen LogP contribution in [0.25, 0.3) is 0 Å². The normalized spacial score (nSPS) is 44.2. The first-order valence-electron chi connectivity index (χ1n) is 4.83. The standard InChI is InChI=1S/C9H16O3S/c1-13(11,12)6-9(10)7-4-2-3-5-8(7)9/h7-8,10H,2-6H2,1H3. The minimum Gasteiger partial charge on any atom is -0.388 e. The zero-order chi connectivity index (χ0) is 9.69. The Balaban J connectivity index is 2.08. The van der Waals surface area contributed by atoms with Crippen LogP contribution in [0.2, 0.25) is 0 Å². The average Bonchev–Trinajstić information content (AvgIpc) is 2.55. The highest BCUT2D eigenvalue weighted by Crippen LogP contribution is 2.58. The quantitative estimate of drug-likeness (QED) is 0.716. The number of rotatable bonds is 2. The van der Waals surface area contributed by atoms with Crippen molar-refractivity contribution in [3.05, 3.63) is 0 Å². The van der Waals surface area contributed by atoms with E-state index in [0.29, 0.717) is 0 Å². The molecule has 2 aliphatic rings. The molecule has 1 N–H and O–H groups in total. The molecule has 2 fully saturated rings. The average molecular weight is 204 g/mol. The van der Waals surface area contributed by atoms with Gasteiger partial charge in [-0.2, -0.15) is 0 Å². The van der Waals surface area contributed by atoms with Gasteiger partial charge in [0.1, 0.15) is 9.84 Å². The molecule has 13 heavy (non-hydrogen) atoms. The van der Waals surface area contributed by atoms with Crippen molar-refractivity contribution in [3.63, 3.8) is 0 Å². The van der Waals surface area contributed by atoms with E-state index in [1.165, 1.54) is 6.26 Å². The molecule has 0 bridgehead atoms. The summed E-state index contributed by atoms with van der Waals surface area (Å²) in [7, 11) is -3.03. The fourth-order valence-corrected chi connectivity index (χ4v) is 4.12. The minimum absolute atomic E-state index is 0.0324. The molecular formula is C9H16O3S. The van der Waals surface area contributed by atoms with E-state index in [1.807, 2.05) is 0 Å². The monoisotopic (exact) mass is 204 g/mol. The number of fused-ring (bicyclic) bond motifs is 1. The Morgan fingerprint density at radius 2 is 1.77 bits per heavy atom. The minimum atomic E-state index is -3.03. The second kappa shape index (κ2) is 2.70. The van der Waals surface area contributed by atoms with Crippen molar-refractivity contribution in [2.24, 2.45) is 11.8 Å². The molecule has 0 aromatic heterocycles. The van der Waals surface area contributed by atoms with Crippen molar-refractivity contribution >= 4 is 9.84 Å². The second-order valence-electron chi connectivity index (χ2n) is 4.56. The van der Waals surface area contributed by atoms with Crippen LogP contribution >= 0.6 is 0 Å². The largest absolute Gasteiger partial charge is 0.388 e. The first kappa shape index (κ1) is 9.46. The summed E-state index contributed by atoms with van der Waals surface area (Å²) in [6.45, 7) is 0. The topological polar surface area (TPSA) is 54.4 Å². The third-order valence-electron chi connectivity index (χ3n) is 3.43. The molecule has 2 saturated carbocycles. The van der Waals surface area contributed by atoms with Gasteiger partial charge in [-0.1, -0.05) is 12.8 Å². The van der Waals surface area contributed by atoms with Gasteiger partial charge in [0.15, 0.2) is 0 Å². The lowest BCUT2D eigenvalue weighted by atomic mass is 10.0. The molecule has 0 spiro atoms. The third kappa shape index (κ3) is 1.62. The maximum atomic E-state index is 11.1. The zero-order valence-electron chi connectivity index (χ0n) is 7.86. The van der Waals surface area contributed by atoms with E-state index in [-0.39, 0.29) is 17.6 Å². The summed E-state index contributed by atoms with van der Waals surface area (Å²) in [4.78, 5) is 0. The molecule has 0 radical (unpaired) electrons. The van der Waals surface area contributed by atoms with E-state index in [9.17, 15) is 13.5 Å². The van der Waals surface area contributed by atoms with Gasteiger partial charge < -0.3 is 5.11 Å². The molecule has 2 aliphatic carbocycles. The van der Waals surface area contributed by atoms with E-state index in [0.717, 1.165) is 25.7 Å². The van der Waals surface area contributed by atoms with E-state index >= 15 is 0 Å². The van der Waals surface area contributed by atoms with E-state index in [2.05, 4.69) is 0 Å². The predicted molar refractivity (Wildman–Crippen MR) is 50.1 cm³/mol. The zero-order valence-corrected chi connectivity index (χ0v) is 8.68. The number of sulfone groups is 1. The van der Waals surface area contributed by atoms with Crippen LogP contribution in [0, 0.1) is 11.8 Å². The summed E-state index contributed by atoms with van der Waals surface area (Å²) < 4.78 is 22.1. The number of hydrogen-bond donors (Lipinski definition) is 1. The van der Waals surface area contributed by atoms with Crippen LogP contribution in [-0.2, 0) is 9.84 Å². The van der Waals surface area contributed by atoms with E-state index in [4.69, 9.17) is 0 Å². The van der Waals surface area contributed by atoms with Crippen LogP contribution in [0.3, 0.4) is 0 Å². The summed E-state index contributed by atoms with van der Waals surface area (Å²) in [6, 6.07) is 0. The van der Waals surface area contributed by atoms with Crippen LogP contribution in [0.5, 0.6) is 0 Å². The Morgan fingerprint density at radius 1 is 1.31 bits per heavy atom. The first-order valence-corrected chi connectivity index (χ1v) is 6.90. The summed E-state index contributed by atoms with van der Waals surface area (Å²) >= 11 is 0. The highest BCUT2D eigenvalue weighted by Gasteiger charge is 2.64. The fourth-order valence-electron chi connectivity index (χ4n) is 2.85. The third-order valence-corrected chi connectivity index (χ3v) is 4.42. The highest BCUT2D eigenvalue weighted by molar-refractivity contribution is 7.90. The molecule has 0 aromatic rings. The highest BCUT2D eigenvalue weighted by atomic mass is 32.2. The Bertz CT molecular complexity index is 295. The molecule has 76 valence electrons. The molecule has 0 aliphatic heterocycles. The van der Waals surface area contributed by atoms with Gasteiger partial charge in [0.05, 0.1) is 11.4 Å². The molecule has 0 saturated heterocycles. The van der Waals surface area contributed by atoms with Crippen LogP contribution in [0.1, 0.15) is 25.7 Å². The van der Waals surface area contributed by atoms with Gasteiger partial charge in [-0.3, -0.25) is 0 Å². The van der Waals surface area contributed by atoms with Crippen molar-refractivity contribution in [3.8, 4) is 0 Å². The maximum Gasteiger partial charge on any atom is 0.150 e. The van der Waals surface area contributed by atoms with Gasteiger partial charge >= 0.3 is 0 Å². The molecule has 2 unspecified atom stereocenters. The van der Waals surface area contributed by atoms with Gasteiger partial charge in [0.2, 0.25) is 0 Å². The summed E-state index contributed by atoms with van der Waals surface area (Å²) in [5.74, 6) is 0.516. The Morgan fingerprint density at radius 3 is 2.15 bits per heavy atom. The van der Waals surface area contributed by atoms with Crippen LogP contribution in [0.4, 0.5) is 0 Å². The van der Waals surface area contributed by atoms with Crippen LogP contribution in [-0.4, -0.2) is 31.1 Å². The molecule has 3 nitrogen and oxygen atoms in total. The SMILES string of the molecule is CS(=O)(=O)CC1(O)C2CCCCC21. The lowest BCUT2D eigenvalue weighted by Crippen LogP contribution is -2.25. The Labute approximate surface area is 79.1 Å². The van der Waals surface area contributed by atoms with Crippen molar-refractivity contribution in [2.45, 2.75) is 31.3 Å². The lowest BCUT2D eigenvalue weighted by molar-refractivity contribution is 0.142. The van der Waals surface area contributed by atoms with Crippen molar-refractivity contribution in [2.75, 3.05) is 12.0 Å². The van der Waals surface area contributed by atoms with Gasteiger partial charge in [-0.25, -0.2) is 8.42 Å². The van der Waals surface area contributed by atoms with Gasteiger partial charge in [-0.15, -0.1) is 0 Å². The molecule has 4 heteroatoms. The van der Waals surface area contributed by atoms with Crippen molar-refractivity contribution < 1.29 is 13.5 Å². The molecule has 2 rings (SSSR count). The molecule has 0 aromatic carbocycles. The van der Waals surface area contributed by atoms with Crippen LogP contribution in [0.15, 0.2) is 0 Å². The fraction of sp³-hybridized carbons (Fsp3) is 1.00. The maximum absolute atomic E-state index is 11.1. The van der Waals surface area contributed by atoms with Crippen LogP contribution < -0.4 is 0 Å². The first-order chi connectivity index (χ1) is 5.93. The Hall–Kier alpha value is -0.0900.